The SMILES string of the molecule is CCC(=O)N1N=C(c2c(C)nc3cc(Cl)ccc3c2-c2ccccc2)C[C@@H]1c1cccc(Cl)c1Cl. The normalized spacial score (nSPS) is 15.5. The minimum atomic E-state index is -0.354. The Morgan fingerprint density at radius 3 is 2.51 bits per heavy atom. The summed E-state index contributed by atoms with van der Waals surface area (Å²) in [5.41, 5.74) is 6.17. The van der Waals surface area contributed by atoms with Gasteiger partial charge in [0.05, 0.1) is 27.3 Å². The van der Waals surface area contributed by atoms with Crippen LogP contribution in [0.5, 0.6) is 0 Å². The van der Waals surface area contributed by atoms with Gasteiger partial charge in [-0.15, -0.1) is 0 Å². The average Bonchev–Trinajstić information content (AvgIpc) is 3.29. The quantitative estimate of drug-likeness (QED) is 0.271. The number of rotatable bonds is 4. The van der Waals surface area contributed by atoms with Crippen molar-refractivity contribution in [2.24, 2.45) is 5.10 Å². The van der Waals surface area contributed by atoms with Crippen molar-refractivity contribution in [2.75, 3.05) is 0 Å². The van der Waals surface area contributed by atoms with Crippen LogP contribution in [0.3, 0.4) is 0 Å². The van der Waals surface area contributed by atoms with Crippen LogP contribution in [0.4, 0.5) is 0 Å². The Kier molecular flexibility index (Phi) is 6.54. The van der Waals surface area contributed by atoms with Crippen LogP contribution in [0, 0.1) is 6.92 Å². The Hall–Kier alpha value is -2.92. The lowest BCUT2D eigenvalue weighted by molar-refractivity contribution is -0.132. The van der Waals surface area contributed by atoms with Crippen molar-refractivity contribution < 1.29 is 4.79 Å². The number of hydrazone groups is 1. The highest BCUT2D eigenvalue weighted by atomic mass is 35.5. The van der Waals surface area contributed by atoms with E-state index in [-0.39, 0.29) is 11.9 Å². The second kappa shape index (κ2) is 9.62. The van der Waals surface area contributed by atoms with E-state index in [9.17, 15) is 4.79 Å². The third-order valence-electron chi connectivity index (χ3n) is 6.29. The predicted molar refractivity (Wildman–Crippen MR) is 144 cm³/mol. The van der Waals surface area contributed by atoms with Crippen LogP contribution in [0.15, 0.2) is 71.8 Å². The summed E-state index contributed by atoms with van der Waals surface area (Å²) in [6.45, 7) is 3.80. The van der Waals surface area contributed by atoms with Gasteiger partial charge in [0, 0.05) is 40.1 Å². The minimum Gasteiger partial charge on any atom is -0.273 e. The first-order valence-electron chi connectivity index (χ1n) is 11.4. The molecule has 4 nitrogen and oxygen atoms in total. The van der Waals surface area contributed by atoms with E-state index in [0.29, 0.717) is 27.9 Å². The van der Waals surface area contributed by atoms with Crippen molar-refractivity contribution in [1.29, 1.82) is 0 Å². The Morgan fingerprint density at radius 2 is 1.77 bits per heavy atom. The molecular weight excluding hydrogens is 501 g/mol. The predicted octanol–water partition coefficient (Wildman–Crippen LogP) is 8.26. The van der Waals surface area contributed by atoms with Crippen molar-refractivity contribution in [3.05, 3.63) is 98.6 Å². The lowest BCUT2D eigenvalue weighted by Gasteiger charge is -2.22. The third kappa shape index (κ3) is 4.31. The van der Waals surface area contributed by atoms with Gasteiger partial charge in [0.2, 0.25) is 5.91 Å². The van der Waals surface area contributed by atoms with Gasteiger partial charge >= 0.3 is 0 Å². The summed E-state index contributed by atoms with van der Waals surface area (Å²) >= 11 is 19.2. The molecule has 1 aliphatic heterocycles. The number of aryl methyl sites for hydroxylation is 1. The van der Waals surface area contributed by atoms with Crippen LogP contribution in [0.1, 0.15) is 42.6 Å². The average molecular weight is 523 g/mol. The molecule has 0 N–H and O–H groups in total. The summed E-state index contributed by atoms with van der Waals surface area (Å²) in [6.07, 6.45) is 0.817. The standard InChI is InChI=1S/C28H22Cl3N3O/c1-3-25(35)34-24(20-10-7-11-21(30)28(20)31)15-23(33-34)26-16(2)32-22-14-18(29)12-13-19(22)27(26)17-8-5-4-6-9-17/h4-14,24H,3,15H2,1-2H3/t24-/m1/s1. The van der Waals surface area contributed by atoms with Crippen LogP contribution in [-0.4, -0.2) is 21.6 Å². The molecule has 0 aliphatic carbocycles. The van der Waals surface area contributed by atoms with Crippen LogP contribution in [0.2, 0.25) is 15.1 Å². The van der Waals surface area contributed by atoms with E-state index in [1.54, 1.807) is 11.1 Å². The summed E-state index contributed by atoms with van der Waals surface area (Å²) < 4.78 is 0. The highest BCUT2D eigenvalue weighted by Crippen LogP contribution is 2.42. The van der Waals surface area contributed by atoms with Gasteiger partial charge < -0.3 is 0 Å². The first-order valence-corrected chi connectivity index (χ1v) is 12.5. The fourth-order valence-electron chi connectivity index (χ4n) is 4.69. The molecule has 1 atom stereocenters. The lowest BCUT2D eigenvalue weighted by Crippen LogP contribution is -2.26. The van der Waals surface area contributed by atoms with E-state index in [0.717, 1.165) is 44.6 Å². The van der Waals surface area contributed by atoms with Crippen molar-refractivity contribution in [2.45, 2.75) is 32.7 Å². The molecule has 0 saturated heterocycles. The van der Waals surface area contributed by atoms with Crippen LogP contribution < -0.4 is 0 Å². The zero-order valence-corrected chi connectivity index (χ0v) is 21.5. The summed E-state index contributed by atoms with van der Waals surface area (Å²) in [4.78, 5) is 17.8. The Balaban J connectivity index is 1.74. The van der Waals surface area contributed by atoms with Gasteiger partial charge in [-0.05, 0) is 36.2 Å². The first kappa shape index (κ1) is 23.8. The third-order valence-corrected chi connectivity index (χ3v) is 7.36. The Bertz CT molecular complexity index is 1480. The molecule has 35 heavy (non-hydrogen) atoms. The molecule has 1 aromatic heterocycles. The van der Waals surface area contributed by atoms with Gasteiger partial charge in [0.25, 0.3) is 0 Å². The number of hydrogen-bond donors (Lipinski definition) is 0. The van der Waals surface area contributed by atoms with E-state index in [1.165, 1.54) is 0 Å². The maximum Gasteiger partial charge on any atom is 0.242 e. The Morgan fingerprint density at radius 1 is 1.00 bits per heavy atom. The van der Waals surface area contributed by atoms with E-state index in [4.69, 9.17) is 44.9 Å². The fraction of sp³-hybridized carbons (Fsp3) is 0.179. The number of carbonyl (C=O) groups excluding carboxylic acids is 1. The van der Waals surface area contributed by atoms with Crippen LogP contribution in [0.25, 0.3) is 22.0 Å². The molecule has 0 radical (unpaired) electrons. The van der Waals surface area contributed by atoms with Gasteiger partial charge in [0.15, 0.2) is 0 Å². The molecule has 0 saturated carbocycles. The second-order valence-electron chi connectivity index (χ2n) is 8.48. The highest BCUT2D eigenvalue weighted by molar-refractivity contribution is 6.42. The zero-order valence-electron chi connectivity index (χ0n) is 19.2. The molecule has 5 rings (SSSR count). The fourth-order valence-corrected chi connectivity index (χ4v) is 5.29. The maximum atomic E-state index is 13.0. The van der Waals surface area contributed by atoms with Gasteiger partial charge in [-0.2, -0.15) is 5.10 Å². The molecule has 1 amide bonds. The summed E-state index contributed by atoms with van der Waals surface area (Å²) in [6, 6.07) is 21.0. The van der Waals surface area contributed by atoms with Crippen molar-refractivity contribution in [1.82, 2.24) is 9.99 Å². The molecule has 0 spiro atoms. The van der Waals surface area contributed by atoms with Crippen molar-refractivity contribution >= 4 is 57.3 Å². The number of fused-ring (bicyclic) bond motifs is 1. The molecule has 0 fully saturated rings. The number of carbonyl (C=O) groups is 1. The minimum absolute atomic E-state index is 0.0829. The van der Waals surface area contributed by atoms with Gasteiger partial charge in [-0.25, -0.2) is 5.01 Å². The molecule has 1 aliphatic rings. The van der Waals surface area contributed by atoms with Gasteiger partial charge in [0.1, 0.15) is 0 Å². The van der Waals surface area contributed by atoms with Crippen LogP contribution >= 0.6 is 34.8 Å². The number of amides is 1. The molecule has 3 aromatic carbocycles. The number of benzene rings is 3. The second-order valence-corrected chi connectivity index (χ2v) is 9.70. The topological polar surface area (TPSA) is 45.6 Å². The number of hydrogen-bond acceptors (Lipinski definition) is 3. The number of nitrogens with zero attached hydrogens (tertiary/aromatic N) is 3. The molecular formula is C28H22Cl3N3O. The van der Waals surface area contributed by atoms with E-state index >= 15 is 0 Å². The van der Waals surface area contributed by atoms with Crippen LogP contribution in [-0.2, 0) is 4.79 Å². The molecule has 4 aromatic rings. The molecule has 2 heterocycles. The number of halogens is 3. The van der Waals surface area contributed by atoms with Gasteiger partial charge in [-0.3, -0.25) is 9.78 Å². The molecule has 0 unspecified atom stereocenters. The highest BCUT2D eigenvalue weighted by Gasteiger charge is 2.35. The molecule has 7 heteroatoms. The molecule has 0 bridgehead atoms. The first-order chi connectivity index (χ1) is 16.9. The largest absolute Gasteiger partial charge is 0.273 e. The lowest BCUT2D eigenvalue weighted by atomic mass is 9.89. The Labute approximate surface area is 219 Å². The van der Waals surface area contributed by atoms with E-state index < -0.39 is 0 Å². The number of aromatic nitrogens is 1. The van der Waals surface area contributed by atoms with E-state index in [2.05, 4.69) is 12.1 Å². The zero-order chi connectivity index (χ0) is 24.7. The molecule has 176 valence electrons. The monoisotopic (exact) mass is 521 g/mol. The summed E-state index contributed by atoms with van der Waals surface area (Å²) in [5.74, 6) is -0.0829. The van der Waals surface area contributed by atoms with Crippen molar-refractivity contribution in [3.8, 4) is 11.1 Å². The van der Waals surface area contributed by atoms with E-state index in [1.807, 2.05) is 62.4 Å². The van der Waals surface area contributed by atoms with Crippen molar-refractivity contribution in [3.63, 3.8) is 0 Å². The smallest absolute Gasteiger partial charge is 0.242 e. The summed E-state index contributed by atoms with van der Waals surface area (Å²) in [7, 11) is 0. The number of pyridine rings is 1. The van der Waals surface area contributed by atoms with Gasteiger partial charge in [-0.1, -0.05) is 90.3 Å². The maximum absolute atomic E-state index is 13.0. The summed E-state index contributed by atoms with van der Waals surface area (Å²) in [5, 5.41) is 8.90.